The summed E-state index contributed by atoms with van der Waals surface area (Å²) in [5, 5.41) is 9.29. The number of benzene rings is 1. The number of nitrogen functional groups attached to an aromatic ring is 1. The highest BCUT2D eigenvalue weighted by Gasteiger charge is 2.30. The summed E-state index contributed by atoms with van der Waals surface area (Å²) in [5.74, 6) is 0.141. The summed E-state index contributed by atoms with van der Waals surface area (Å²) in [6.07, 6.45) is -3.20. The summed E-state index contributed by atoms with van der Waals surface area (Å²) < 4.78 is 38.3. The molecule has 124 valence electrons. The third-order valence-electron chi connectivity index (χ3n) is 2.93. The van der Waals surface area contributed by atoms with Gasteiger partial charge in [0.2, 0.25) is 11.9 Å². The van der Waals surface area contributed by atoms with Gasteiger partial charge in [0.15, 0.2) is 5.82 Å². The molecule has 1 heterocycles. The molecular weight excluding hydrogens is 321 g/mol. The Bertz CT molecular complexity index is 821. The van der Waals surface area contributed by atoms with Gasteiger partial charge >= 0.3 is 6.18 Å². The van der Waals surface area contributed by atoms with Crippen LogP contribution >= 0.6 is 0 Å². The molecule has 0 radical (unpaired) electrons. The molecule has 24 heavy (non-hydrogen) atoms. The van der Waals surface area contributed by atoms with Crippen LogP contribution in [0.25, 0.3) is 11.6 Å². The molecule has 0 unspecified atom stereocenters. The maximum atomic E-state index is 12.8. The minimum absolute atomic E-state index is 0.00823. The number of hydrogen-bond donors (Lipinski definition) is 1. The molecule has 0 aliphatic rings. The first kappa shape index (κ1) is 17.2. The number of alkyl halides is 3. The van der Waals surface area contributed by atoms with Gasteiger partial charge in [0.1, 0.15) is 6.07 Å². The van der Waals surface area contributed by atoms with E-state index in [1.54, 1.807) is 19.0 Å². The average molecular weight is 334 g/mol. The summed E-state index contributed by atoms with van der Waals surface area (Å²) >= 11 is 0. The normalized spacial score (nSPS) is 11.9. The van der Waals surface area contributed by atoms with E-state index in [9.17, 15) is 18.4 Å². The standard InChI is InChI=1S/C15H13F3N6/c1-24(2)14-22-12(21-13(20)23-14)10(8-19)6-9-4-3-5-11(7-9)15(16,17)18/h3-7H,1-2H3,(H2,20,21,22,23)/b10-6+. The van der Waals surface area contributed by atoms with Crippen LogP contribution < -0.4 is 10.6 Å². The van der Waals surface area contributed by atoms with Crippen molar-refractivity contribution in [1.82, 2.24) is 15.0 Å². The Morgan fingerprint density at radius 3 is 2.54 bits per heavy atom. The maximum Gasteiger partial charge on any atom is 0.416 e. The smallest absolute Gasteiger partial charge is 0.368 e. The van der Waals surface area contributed by atoms with Gasteiger partial charge in [-0.1, -0.05) is 12.1 Å². The summed E-state index contributed by atoms with van der Waals surface area (Å²) in [6.45, 7) is 0. The fourth-order valence-corrected chi connectivity index (χ4v) is 1.82. The molecular formula is C15H13F3N6. The maximum absolute atomic E-state index is 12.8. The Morgan fingerprint density at radius 1 is 1.25 bits per heavy atom. The van der Waals surface area contributed by atoms with E-state index in [-0.39, 0.29) is 28.9 Å². The van der Waals surface area contributed by atoms with Gasteiger partial charge in [-0.15, -0.1) is 0 Å². The molecule has 0 aliphatic carbocycles. The fourth-order valence-electron chi connectivity index (χ4n) is 1.82. The number of nitrogens with two attached hydrogens (primary N) is 1. The molecule has 0 aliphatic heterocycles. The highest BCUT2D eigenvalue weighted by atomic mass is 19.4. The summed E-state index contributed by atoms with van der Waals surface area (Å²) in [5.41, 5.74) is 4.96. The number of rotatable bonds is 3. The van der Waals surface area contributed by atoms with Crippen molar-refractivity contribution in [2.45, 2.75) is 6.18 Å². The Labute approximate surface area is 136 Å². The lowest BCUT2D eigenvalue weighted by Gasteiger charge is -2.11. The number of aromatic nitrogens is 3. The molecule has 1 aromatic carbocycles. The molecule has 2 N–H and O–H groups in total. The predicted octanol–water partition coefficient (Wildman–Crippen LogP) is 2.60. The quantitative estimate of drug-likeness (QED) is 0.868. The minimum atomic E-state index is -4.47. The molecule has 1 aromatic heterocycles. The third kappa shape index (κ3) is 3.98. The predicted molar refractivity (Wildman–Crippen MR) is 83.5 cm³/mol. The van der Waals surface area contributed by atoms with E-state index in [1.807, 2.05) is 6.07 Å². The van der Waals surface area contributed by atoms with Crippen LogP contribution in [-0.2, 0) is 6.18 Å². The highest BCUT2D eigenvalue weighted by Crippen LogP contribution is 2.30. The van der Waals surface area contributed by atoms with Crippen molar-refractivity contribution in [3.05, 3.63) is 41.2 Å². The van der Waals surface area contributed by atoms with Crippen molar-refractivity contribution in [1.29, 1.82) is 5.26 Å². The second-order valence-corrected chi connectivity index (χ2v) is 5.00. The molecule has 2 aromatic rings. The summed E-state index contributed by atoms with van der Waals surface area (Å²) in [6, 6.07) is 6.47. The fraction of sp³-hybridized carbons (Fsp3) is 0.200. The van der Waals surface area contributed by atoms with E-state index in [4.69, 9.17) is 5.73 Å². The molecule has 0 fully saturated rings. The molecule has 0 saturated carbocycles. The van der Waals surface area contributed by atoms with Crippen LogP contribution in [0.3, 0.4) is 0 Å². The van der Waals surface area contributed by atoms with Gasteiger partial charge in [-0.3, -0.25) is 0 Å². The highest BCUT2D eigenvalue weighted by molar-refractivity contribution is 5.87. The molecule has 2 rings (SSSR count). The SMILES string of the molecule is CN(C)c1nc(N)nc(/C(C#N)=C/c2cccc(C(F)(F)F)c2)n1. The molecule has 6 nitrogen and oxygen atoms in total. The summed E-state index contributed by atoms with van der Waals surface area (Å²) in [4.78, 5) is 13.4. The molecule has 0 saturated heterocycles. The van der Waals surface area contributed by atoms with Crippen molar-refractivity contribution in [2.75, 3.05) is 24.7 Å². The van der Waals surface area contributed by atoms with E-state index < -0.39 is 11.7 Å². The van der Waals surface area contributed by atoms with Crippen LogP contribution in [0.15, 0.2) is 24.3 Å². The van der Waals surface area contributed by atoms with Crippen molar-refractivity contribution < 1.29 is 13.2 Å². The van der Waals surface area contributed by atoms with E-state index in [0.29, 0.717) is 0 Å². The summed E-state index contributed by atoms with van der Waals surface area (Å²) in [7, 11) is 3.36. The average Bonchev–Trinajstić information content (AvgIpc) is 2.51. The Hall–Kier alpha value is -3.15. The zero-order chi connectivity index (χ0) is 17.9. The first-order valence-corrected chi connectivity index (χ1v) is 6.69. The van der Waals surface area contributed by atoms with E-state index in [0.717, 1.165) is 12.1 Å². The van der Waals surface area contributed by atoms with Gasteiger partial charge in [-0.25, -0.2) is 0 Å². The number of halogens is 3. The van der Waals surface area contributed by atoms with Gasteiger partial charge in [0.05, 0.1) is 11.1 Å². The number of allylic oxidation sites excluding steroid dienone is 1. The van der Waals surface area contributed by atoms with Gasteiger partial charge in [-0.2, -0.15) is 33.4 Å². The molecule has 0 spiro atoms. The zero-order valence-electron chi connectivity index (χ0n) is 12.8. The Morgan fingerprint density at radius 2 is 1.96 bits per heavy atom. The van der Waals surface area contributed by atoms with Crippen molar-refractivity contribution in [2.24, 2.45) is 0 Å². The van der Waals surface area contributed by atoms with E-state index in [1.165, 1.54) is 18.2 Å². The largest absolute Gasteiger partial charge is 0.416 e. The minimum Gasteiger partial charge on any atom is -0.368 e. The van der Waals surface area contributed by atoms with Crippen molar-refractivity contribution >= 4 is 23.5 Å². The van der Waals surface area contributed by atoms with Gasteiger partial charge in [0, 0.05) is 14.1 Å². The second kappa shape index (κ2) is 6.54. The second-order valence-electron chi connectivity index (χ2n) is 5.00. The van der Waals surface area contributed by atoms with E-state index >= 15 is 0 Å². The first-order chi connectivity index (χ1) is 11.2. The Kier molecular flexibility index (Phi) is 4.69. The van der Waals surface area contributed by atoms with Crippen LogP contribution in [0, 0.1) is 11.3 Å². The number of nitriles is 1. The lowest BCUT2D eigenvalue weighted by molar-refractivity contribution is -0.137. The van der Waals surface area contributed by atoms with Crippen LogP contribution in [0.5, 0.6) is 0 Å². The number of hydrogen-bond acceptors (Lipinski definition) is 6. The van der Waals surface area contributed by atoms with Gasteiger partial charge in [-0.05, 0) is 23.8 Å². The van der Waals surface area contributed by atoms with Gasteiger partial charge in [0.25, 0.3) is 0 Å². The van der Waals surface area contributed by atoms with Crippen LogP contribution in [-0.4, -0.2) is 29.0 Å². The molecule has 0 atom stereocenters. The number of anilines is 2. The topological polar surface area (TPSA) is 91.7 Å². The monoisotopic (exact) mass is 334 g/mol. The lowest BCUT2D eigenvalue weighted by Crippen LogP contribution is -2.15. The van der Waals surface area contributed by atoms with E-state index in [2.05, 4.69) is 15.0 Å². The zero-order valence-corrected chi connectivity index (χ0v) is 12.8. The van der Waals surface area contributed by atoms with Crippen LogP contribution in [0.4, 0.5) is 25.1 Å². The molecule has 0 bridgehead atoms. The molecule has 9 heteroatoms. The van der Waals surface area contributed by atoms with Gasteiger partial charge < -0.3 is 10.6 Å². The third-order valence-corrected chi connectivity index (χ3v) is 2.93. The Balaban J connectivity index is 2.50. The first-order valence-electron chi connectivity index (χ1n) is 6.69. The number of nitrogens with zero attached hydrogens (tertiary/aromatic N) is 5. The van der Waals surface area contributed by atoms with Crippen LogP contribution in [0.1, 0.15) is 17.0 Å². The lowest BCUT2D eigenvalue weighted by atomic mass is 10.1. The van der Waals surface area contributed by atoms with Crippen molar-refractivity contribution in [3.63, 3.8) is 0 Å². The van der Waals surface area contributed by atoms with Crippen LogP contribution in [0.2, 0.25) is 0 Å². The van der Waals surface area contributed by atoms with Crippen molar-refractivity contribution in [3.8, 4) is 6.07 Å². The molecule has 0 amide bonds.